The van der Waals surface area contributed by atoms with Crippen molar-refractivity contribution in [1.29, 1.82) is 5.26 Å². The molecular weight excluding hydrogens is 536 g/mol. The van der Waals surface area contributed by atoms with Gasteiger partial charge in [-0.1, -0.05) is 18.2 Å². The van der Waals surface area contributed by atoms with E-state index in [0.29, 0.717) is 39.4 Å². The first-order valence-corrected chi connectivity index (χ1v) is 13.7. The van der Waals surface area contributed by atoms with Gasteiger partial charge in [0.15, 0.2) is 6.29 Å². The lowest BCUT2D eigenvalue weighted by Gasteiger charge is -2.29. The van der Waals surface area contributed by atoms with Crippen LogP contribution in [0.25, 0.3) is 21.0 Å². The summed E-state index contributed by atoms with van der Waals surface area (Å²) in [5.41, 5.74) is -1.94. The van der Waals surface area contributed by atoms with E-state index in [4.69, 9.17) is 13.9 Å². The quantitative estimate of drug-likeness (QED) is 0.333. The minimum absolute atomic E-state index is 0.102. The number of thiophene rings is 1. The minimum atomic E-state index is -1.85. The number of benzene rings is 1. The number of carboxylic acid groups (broad SMARTS) is 1. The Morgan fingerprint density at radius 2 is 2.10 bits per heavy atom. The van der Waals surface area contributed by atoms with Gasteiger partial charge in [-0.15, -0.1) is 11.3 Å². The van der Waals surface area contributed by atoms with Crippen molar-refractivity contribution < 1.29 is 23.8 Å². The van der Waals surface area contributed by atoms with Crippen molar-refractivity contribution in [2.45, 2.75) is 64.5 Å². The van der Waals surface area contributed by atoms with Crippen LogP contribution in [-0.2, 0) is 26.4 Å². The summed E-state index contributed by atoms with van der Waals surface area (Å²) in [5.74, 6) is -1.06. The zero-order valence-electron chi connectivity index (χ0n) is 22.2. The molecule has 1 unspecified atom stereocenters. The van der Waals surface area contributed by atoms with Crippen LogP contribution >= 0.6 is 11.3 Å². The van der Waals surface area contributed by atoms with E-state index in [9.17, 15) is 24.8 Å². The molecule has 208 valence electrons. The van der Waals surface area contributed by atoms with Gasteiger partial charge in [0, 0.05) is 12.2 Å². The van der Waals surface area contributed by atoms with Crippen LogP contribution in [0.15, 0.2) is 50.7 Å². The summed E-state index contributed by atoms with van der Waals surface area (Å²) in [6.07, 6.45) is 3.98. The molecule has 1 N–H and O–H groups in total. The van der Waals surface area contributed by atoms with E-state index in [1.807, 2.05) is 0 Å². The van der Waals surface area contributed by atoms with E-state index in [1.165, 1.54) is 30.9 Å². The molecule has 4 aromatic rings. The van der Waals surface area contributed by atoms with Crippen molar-refractivity contribution in [3.8, 4) is 16.8 Å². The van der Waals surface area contributed by atoms with Crippen LogP contribution in [-0.4, -0.2) is 38.1 Å². The van der Waals surface area contributed by atoms with Crippen molar-refractivity contribution >= 4 is 27.5 Å². The van der Waals surface area contributed by atoms with Gasteiger partial charge in [-0.05, 0) is 51.7 Å². The van der Waals surface area contributed by atoms with E-state index in [0.717, 1.165) is 28.7 Å². The summed E-state index contributed by atoms with van der Waals surface area (Å²) in [6, 6.07) is 9.11. The predicted molar refractivity (Wildman–Crippen MR) is 146 cm³/mol. The lowest BCUT2D eigenvalue weighted by Crippen LogP contribution is -2.52. The van der Waals surface area contributed by atoms with Gasteiger partial charge in [0.2, 0.25) is 5.89 Å². The molecule has 5 rings (SSSR count). The third kappa shape index (κ3) is 4.77. The van der Waals surface area contributed by atoms with Crippen molar-refractivity contribution in [3.05, 3.63) is 74.3 Å². The van der Waals surface area contributed by atoms with Gasteiger partial charge >= 0.3 is 11.7 Å². The molecule has 40 heavy (non-hydrogen) atoms. The van der Waals surface area contributed by atoms with Crippen LogP contribution < -0.4 is 11.2 Å². The highest BCUT2D eigenvalue weighted by Gasteiger charge is 2.36. The first-order chi connectivity index (χ1) is 19.1. The number of aliphatic carboxylic acids is 1. The SMILES string of the molecule is Cc1c(-c2ncco2)sc2c1c(=O)n(C(C)(C)C(=O)O)c(=O)n2C[C@H](OC1CCCCO1)c1ccccc1C#N. The highest BCUT2D eigenvalue weighted by molar-refractivity contribution is 7.22. The normalized spacial score (nSPS) is 16.6. The Kier molecular flexibility index (Phi) is 7.46. The molecule has 0 aliphatic carbocycles. The summed E-state index contributed by atoms with van der Waals surface area (Å²) < 4.78 is 19.8. The second-order valence-corrected chi connectivity index (χ2v) is 11.1. The van der Waals surface area contributed by atoms with E-state index < -0.39 is 35.2 Å². The number of nitrogens with zero attached hydrogens (tertiary/aromatic N) is 4. The molecule has 4 heterocycles. The molecule has 1 fully saturated rings. The molecule has 1 aliphatic heterocycles. The molecule has 12 heteroatoms. The van der Waals surface area contributed by atoms with Gasteiger partial charge < -0.3 is 19.0 Å². The van der Waals surface area contributed by atoms with E-state index in [2.05, 4.69) is 11.1 Å². The number of carbonyl (C=O) groups is 1. The monoisotopic (exact) mass is 564 g/mol. The molecule has 1 aliphatic rings. The fourth-order valence-corrected chi connectivity index (χ4v) is 6.14. The Hall–Kier alpha value is -4.05. The van der Waals surface area contributed by atoms with Crippen molar-refractivity contribution in [1.82, 2.24) is 14.1 Å². The molecule has 1 saturated heterocycles. The van der Waals surface area contributed by atoms with Crippen LogP contribution in [0.4, 0.5) is 0 Å². The Balaban J connectivity index is 1.77. The fourth-order valence-electron chi connectivity index (χ4n) is 4.90. The molecule has 3 aromatic heterocycles. The van der Waals surface area contributed by atoms with Crippen molar-refractivity contribution in [3.63, 3.8) is 0 Å². The third-order valence-electron chi connectivity index (χ3n) is 7.15. The van der Waals surface area contributed by atoms with Crippen LogP contribution in [0.2, 0.25) is 0 Å². The summed E-state index contributed by atoms with van der Waals surface area (Å²) in [5, 5.41) is 20.0. The van der Waals surface area contributed by atoms with E-state index in [-0.39, 0.29) is 17.8 Å². The maximum Gasteiger partial charge on any atom is 0.333 e. The molecule has 0 amide bonds. The van der Waals surface area contributed by atoms with Gasteiger partial charge in [0.1, 0.15) is 22.7 Å². The van der Waals surface area contributed by atoms with Crippen molar-refractivity contribution in [2.75, 3.05) is 6.61 Å². The summed E-state index contributed by atoms with van der Waals surface area (Å²) in [7, 11) is 0. The van der Waals surface area contributed by atoms with Gasteiger partial charge in [-0.3, -0.25) is 9.36 Å². The molecular formula is C28H28N4O7S. The number of aromatic nitrogens is 3. The van der Waals surface area contributed by atoms with Gasteiger partial charge in [-0.2, -0.15) is 5.26 Å². The standard InChI is InChI=1S/C28H28N4O7S/c1-16-21-24(33)32(28(2,3)26(34)35)27(36)31(25(21)40-22(16)23-30-11-13-38-23)15-19(39-20-10-6-7-12-37-20)18-9-5-4-8-17(18)14-29/h4-5,8-9,11,13,19-20H,6-7,10,12,15H2,1-3H3,(H,34,35)/t19-,20?/m0/s1. The summed E-state index contributed by atoms with van der Waals surface area (Å²) in [4.78, 5) is 45.1. The zero-order valence-corrected chi connectivity index (χ0v) is 23.1. The predicted octanol–water partition coefficient (Wildman–Crippen LogP) is 4.16. The largest absolute Gasteiger partial charge is 0.480 e. The van der Waals surface area contributed by atoms with Crippen molar-refractivity contribution in [2.24, 2.45) is 0 Å². The van der Waals surface area contributed by atoms with Gasteiger partial charge in [0.25, 0.3) is 5.56 Å². The third-order valence-corrected chi connectivity index (χ3v) is 8.45. The maximum atomic E-state index is 14.1. The Labute approximate surface area is 232 Å². The second kappa shape index (κ2) is 10.8. The lowest BCUT2D eigenvalue weighted by molar-refractivity contribution is -0.192. The number of fused-ring (bicyclic) bond motifs is 1. The molecule has 2 atom stereocenters. The average Bonchev–Trinajstić information content (AvgIpc) is 3.59. The number of aryl methyl sites for hydroxylation is 1. The van der Waals surface area contributed by atoms with Gasteiger partial charge in [0.05, 0.1) is 34.6 Å². The Bertz CT molecular complexity index is 1720. The highest BCUT2D eigenvalue weighted by Crippen LogP contribution is 2.37. The number of hydrogen-bond donors (Lipinski definition) is 1. The first-order valence-electron chi connectivity index (χ1n) is 12.8. The molecule has 0 radical (unpaired) electrons. The number of nitriles is 1. The first kappa shape index (κ1) is 27.5. The minimum Gasteiger partial charge on any atom is -0.480 e. The Morgan fingerprint density at radius 3 is 2.75 bits per heavy atom. The summed E-state index contributed by atoms with van der Waals surface area (Å²) >= 11 is 1.15. The molecule has 11 nitrogen and oxygen atoms in total. The molecule has 1 aromatic carbocycles. The molecule has 0 bridgehead atoms. The Morgan fingerprint density at radius 1 is 1.32 bits per heavy atom. The second-order valence-electron chi connectivity index (χ2n) is 10.1. The van der Waals surface area contributed by atoms with E-state index in [1.54, 1.807) is 31.2 Å². The molecule has 0 spiro atoms. The topological polar surface area (TPSA) is 150 Å². The van der Waals surface area contributed by atoms with Crippen LogP contribution in [0, 0.1) is 18.3 Å². The van der Waals surface area contributed by atoms with E-state index >= 15 is 0 Å². The number of carboxylic acids is 1. The average molecular weight is 565 g/mol. The smallest absolute Gasteiger partial charge is 0.333 e. The van der Waals surface area contributed by atoms with Gasteiger partial charge in [-0.25, -0.2) is 19.1 Å². The maximum absolute atomic E-state index is 14.1. The summed E-state index contributed by atoms with van der Waals surface area (Å²) in [6.45, 7) is 4.75. The van der Waals surface area contributed by atoms with Crippen LogP contribution in [0.3, 0.4) is 0 Å². The lowest BCUT2D eigenvalue weighted by atomic mass is 10.0. The zero-order chi connectivity index (χ0) is 28.6. The van der Waals surface area contributed by atoms with Crippen LogP contribution in [0.5, 0.6) is 0 Å². The number of oxazole rings is 1. The number of ether oxygens (including phenoxy) is 2. The fraction of sp³-hybridized carbons (Fsp3) is 0.393. The number of rotatable bonds is 8. The number of hydrogen-bond acceptors (Lipinski definition) is 9. The molecule has 0 saturated carbocycles. The highest BCUT2D eigenvalue weighted by atomic mass is 32.1. The van der Waals surface area contributed by atoms with Crippen LogP contribution in [0.1, 0.15) is 55.9 Å².